The molecule has 3 fully saturated rings. The molecule has 20 nitrogen and oxygen atoms in total. The largest absolute Gasteiger partial charge is 0.508 e. The van der Waals surface area contributed by atoms with Gasteiger partial charge in [0.2, 0.25) is 17.5 Å². The summed E-state index contributed by atoms with van der Waals surface area (Å²) in [6.45, 7) is 0.171. The lowest BCUT2D eigenvalue weighted by atomic mass is 9.98. The van der Waals surface area contributed by atoms with Crippen LogP contribution < -0.4 is 10.2 Å². The van der Waals surface area contributed by atoms with E-state index in [4.69, 9.17) is 32.8 Å². The molecule has 3 saturated heterocycles. The van der Waals surface area contributed by atoms with Crippen LogP contribution in [-0.2, 0) is 23.7 Å². The molecule has 0 spiro atoms. The van der Waals surface area contributed by atoms with Crippen LogP contribution in [0.15, 0.2) is 39.5 Å². The van der Waals surface area contributed by atoms with E-state index in [1.807, 2.05) is 0 Å². The number of rotatable bonds is 8. The van der Waals surface area contributed by atoms with Crippen molar-refractivity contribution in [3.63, 3.8) is 0 Å². The molecule has 20 heteroatoms. The number of hydrogen-bond acceptors (Lipinski definition) is 20. The predicted molar refractivity (Wildman–Crippen MR) is 167 cm³/mol. The highest BCUT2D eigenvalue weighted by Gasteiger charge is 2.51. The second kappa shape index (κ2) is 14.9. The van der Waals surface area contributed by atoms with E-state index >= 15 is 0 Å². The van der Waals surface area contributed by atoms with Crippen molar-refractivity contribution in [2.75, 3.05) is 13.2 Å². The number of aromatic hydroxyl groups is 4. The highest BCUT2D eigenvalue weighted by Crippen LogP contribution is 2.40. The van der Waals surface area contributed by atoms with Gasteiger partial charge in [-0.25, -0.2) is 0 Å². The molecule has 0 unspecified atom stereocenters. The normalized spacial score (nSPS) is 36.9. The summed E-state index contributed by atoms with van der Waals surface area (Å²) in [5.41, 5.74) is -1.54. The third kappa shape index (κ3) is 7.09. The zero-order chi connectivity index (χ0) is 37.8. The summed E-state index contributed by atoms with van der Waals surface area (Å²) in [5.74, 6) is -3.67. The Balaban J connectivity index is 1.39. The van der Waals surface area contributed by atoms with Crippen LogP contribution in [0.1, 0.15) is 6.92 Å². The van der Waals surface area contributed by atoms with Crippen LogP contribution in [0.2, 0.25) is 0 Å². The lowest BCUT2D eigenvalue weighted by Crippen LogP contribution is -2.64. The van der Waals surface area contributed by atoms with Crippen molar-refractivity contribution >= 4 is 11.0 Å². The van der Waals surface area contributed by atoms with E-state index in [0.29, 0.717) is 0 Å². The quantitative estimate of drug-likeness (QED) is 0.101. The lowest BCUT2D eigenvalue weighted by molar-refractivity contribution is -0.352. The topological polar surface area (TPSA) is 328 Å². The Labute approximate surface area is 292 Å². The first-order valence-electron chi connectivity index (χ1n) is 15.9. The smallest absolute Gasteiger partial charge is 0.239 e. The highest BCUT2D eigenvalue weighted by atomic mass is 16.8. The van der Waals surface area contributed by atoms with Crippen molar-refractivity contribution in [3.8, 4) is 40.1 Å². The van der Waals surface area contributed by atoms with Crippen molar-refractivity contribution in [1.82, 2.24) is 0 Å². The third-order valence-corrected chi connectivity index (χ3v) is 9.01. The van der Waals surface area contributed by atoms with E-state index in [1.165, 1.54) is 13.0 Å². The van der Waals surface area contributed by atoms with Crippen LogP contribution in [0.5, 0.6) is 28.7 Å². The Morgan fingerprint density at radius 2 is 1.44 bits per heavy atom. The first-order valence-corrected chi connectivity index (χ1v) is 15.9. The number of benzene rings is 2. The first-order chi connectivity index (χ1) is 24.6. The molecule has 286 valence electrons. The van der Waals surface area contributed by atoms with Crippen molar-refractivity contribution in [2.45, 2.75) is 92.9 Å². The molecule has 3 aliphatic rings. The fourth-order valence-corrected chi connectivity index (χ4v) is 6.02. The molecule has 52 heavy (non-hydrogen) atoms. The molecule has 0 amide bonds. The van der Waals surface area contributed by atoms with Gasteiger partial charge in [0.15, 0.2) is 35.9 Å². The van der Waals surface area contributed by atoms with Crippen molar-refractivity contribution < 1.29 is 94.1 Å². The van der Waals surface area contributed by atoms with E-state index in [2.05, 4.69) is 0 Å². The zero-order valence-corrected chi connectivity index (χ0v) is 27.0. The summed E-state index contributed by atoms with van der Waals surface area (Å²) < 4.78 is 39.7. The number of aliphatic hydroxyl groups excluding tert-OH is 8. The van der Waals surface area contributed by atoms with E-state index in [1.54, 1.807) is 0 Å². The minimum atomic E-state index is -2.03. The first kappa shape index (κ1) is 37.9. The van der Waals surface area contributed by atoms with Gasteiger partial charge in [0.25, 0.3) is 0 Å². The maximum absolute atomic E-state index is 14.0. The van der Waals surface area contributed by atoms with Crippen LogP contribution in [-0.4, -0.2) is 161 Å². The Bertz CT molecular complexity index is 1800. The molecule has 0 saturated carbocycles. The Morgan fingerprint density at radius 1 is 0.731 bits per heavy atom. The van der Waals surface area contributed by atoms with Crippen LogP contribution in [0.4, 0.5) is 0 Å². The Morgan fingerprint density at radius 3 is 2.15 bits per heavy atom. The third-order valence-electron chi connectivity index (χ3n) is 9.01. The molecule has 0 aliphatic carbocycles. The molecule has 3 aliphatic heterocycles. The molecule has 0 radical (unpaired) electrons. The van der Waals surface area contributed by atoms with Gasteiger partial charge in [-0.2, -0.15) is 0 Å². The van der Waals surface area contributed by atoms with Gasteiger partial charge in [0.05, 0.1) is 19.3 Å². The molecule has 0 bridgehead atoms. The molecule has 14 atom stereocenters. The van der Waals surface area contributed by atoms with Gasteiger partial charge < -0.3 is 94.1 Å². The van der Waals surface area contributed by atoms with Crippen molar-refractivity contribution in [2.24, 2.45) is 0 Å². The summed E-state index contributed by atoms with van der Waals surface area (Å²) in [6.07, 6.45) is -23.9. The SMILES string of the molecule is C[C@H]1O[C@H](OC[C@H]2O[C@@H](Oc3c(-c4ccc(O)c(O)c4)oc4cc(O)cc(O)c4c3=O)[C@H](O[C@@H]3OC[C@@H](O)[C@H](O)[C@H]3O)[C@@H](O)[C@@H]2O)[C@@H](O)[C@@H](O)[C@@H]1O. The zero-order valence-electron chi connectivity index (χ0n) is 27.0. The fourth-order valence-electron chi connectivity index (χ4n) is 6.02. The van der Waals surface area contributed by atoms with Crippen molar-refractivity contribution in [1.29, 1.82) is 0 Å². The molecule has 4 heterocycles. The van der Waals surface area contributed by atoms with Gasteiger partial charge in [-0.3, -0.25) is 4.79 Å². The summed E-state index contributed by atoms with van der Waals surface area (Å²) in [4.78, 5) is 14.0. The van der Waals surface area contributed by atoms with Gasteiger partial charge in [0, 0.05) is 17.7 Å². The predicted octanol–water partition coefficient (Wildman–Crippen LogP) is -3.22. The van der Waals surface area contributed by atoms with Crippen molar-refractivity contribution in [3.05, 3.63) is 40.6 Å². The molecule has 2 aromatic carbocycles. The van der Waals surface area contributed by atoms with E-state index in [9.17, 15) is 66.1 Å². The maximum Gasteiger partial charge on any atom is 0.239 e. The van der Waals surface area contributed by atoms with E-state index < -0.39 is 145 Å². The van der Waals surface area contributed by atoms with Crippen LogP contribution in [0.3, 0.4) is 0 Å². The van der Waals surface area contributed by atoms with Gasteiger partial charge in [-0.15, -0.1) is 0 Å². The number of fused-ring (bicyclic) bond motifs is 1. The van der Waals surface area contributed by atoms with Crippen LogP contribution in [0, 0.1) is 0 Å². The Hall–Kier alpha value is -3.87. The van der Waals surface area contributed by atoms with Gasteiger partial charge in [-0.1, -0.05) is 0 Å². The average Bonchev–Trinajstić information content (AvgIpc) is 3.10. The second-order valence-electron chi connectivity index (χ2n) is 12.6. The summed E-state index contributed by atoms with van der Waals surface area (Å²) in [7, 11) is 0. The molecule has 3 aromatic rings. The Kier molecular flexibility index (Phi) is 10.8. The monoisotopic (exact) mass is 742 g/mol. The highest BCUT2D eigenvalue weighted by molar-refractivity contribution is 5.88. The van der Waals surface area contributed by atoms with Gasteiger partial charge in [-0.05, 0) is 25.1 Å². The summed E-state index contributed by atoms with van der Waals surface area (Å²) in [5, 5.41) is 124. The van der Waals surface area contributed by atoms with Crippen LogP contribution >= 0.6 is 0 Å². The number of aliphatic hydroxyl groups is 8. The average molecular weight is 743 g/mol. The summed E-state index contributed by atoms with van der Waals surface area (Å²) >= 11 is 0. The molecule has 12 N–H and O–H groups in total. The van der Waals surface area contributed by atoms with Crippen LogP contribution in [0.25, 0.3) is 22.3 Å². The molecular weight excluding hydrogens is 704 g/mol. The number of ether oxygens (including phenoxy) is 6. The second-order valence-corrected chi connectivity index (χ2v) is 12.6. The number of phenols is 4. The lowest BCUT2D eigenvalue weighted by Gasteiger charge is -2.45. The van der Waals surface area contributed by atoms with Gasteiger partial charge >= 0.3 is 0 Å². The standard InChI is InChI=1S/C32H38O20/c1-9-19(38)23(42)26(45)30(48-9)47-8-17-21(40)24(43)29(52-31-25(44)20(39)15(37)7-46-31)32(50-17)51-28-22(41)18-14(36)5-11(33)6-16(18)49-27(28)10-2-3-12(34)13(35)4-10/h2-6,9,15,17,19-21,23-26,29-40,42-45H,7-8H2,1H3/t9-,15-,17-,19-,20+,21-,23+,24+,25-,26+,29-,30+,31+,32+/m1/s1. The molecule has 1 aromatic heterocycles. The molecular formula is C32H38O20. The summed E-state index contributed by atoms with van der Waals surface area (Å²) in [6, 6.07) is 5.09. The van der Waals surface area contributed by atoms with E-state index in [0.717, 1.165) is 24.3 Å². The minimum absolute atomic E-state index is 0.0951. The van der Waals surface area contributed by atoms with Gasteiger partial charge in [0.1, 0.15) is 77.4 Å². The molecule has 6 rings (SSSR count). The van der Waals surface area contributed by atoms with E-state index in [-0.39, 0.29) is 11.1 Å². The number of phenolic OH excluding ortho intramolecular Hbond substituents is 4. The maximum atomic E-state index is 14.0. The fraction of sp³-hybridized carbons (Fsp3) is 0.531. The minimum Gasteiger partial charge on any atom is -0.508 e. The number of hydrogen-bond donors (Lipinski definition) is 12.